The minimum Gasteiger partial charge on any atom is -0.479 e. The van der Waals surface area contributed by atoms with Gasteiger partial charge in [0.2, 0.25) is 0 Å². The predicted octanol–water partition coefficient (Wildman–Crippen LogP) is 1.12. The number of β-lactam (4-membered cyclic amide) rings is 1. The van der Waals surface area contributed by atoms with E-state index in [1.807, 2.05) is 6.26 Å². The summed E-state index contributed by atoms with van der Waals surface area (Å²) in [6, 6.07) is -0.0476. The van der Waals surface area contributed by atoms with Gasteiger partial charge in [0.1, 0.15) is 0 Å². The Labute approximate surface area is 112 Å². The minimum atomic E-state index is -0.993. The fourth-order valence-corrected chi connectivity index (χ4v) is 2.38. The van der Waals surface area contributed by atoms with Gasteiger partial charge in [-0.3, -0.25) is 4.79 Å². The van der Waals surface area contributed by atoms with Crippen molar-refractivity contribution in [2.24, 2.45) is 5.92 Å². The van der Waals surface area contributed by atoms with Crippen molar-refractivity contribution in [1.29, 1.82) is 0 Å². The van der Waals surface area contributed by atoms with E-state index in [4.69, 9.17) is 9.84 Å². The van der Waals surface area contributed by atoms with Gasteiger partial charge in [0.25, 0.3) is 5.91 Å². The second kappa shape index (κ2) is 6.99. The zero-order valence-corrected chi connectivity index (χ0v) is 11.8. The molecule has 1 heterocycles. The lowest BCUT2D eigenvalue weighted by Crippen LogP contribution is -2.64. The van der Waals surface area contributed by atoms with Crippen molar-refractivity contribution < 1.29 is 19.4 Å². The van der Waals surface area contributed by atoms with Crippen LogP contribution in [0.15, 0.2) is 0 Å². The zero-order chi connectivity index (χ0) is 13.7. The minimum absolute atomic E-state index is 0.0476. The molecule has 0 aliphatic carbocycles. The number of nitrogens with one attached hydrogen (secondary N) is 1. The van der Waals surface area contributed by atoms with Gasteiger partial charge in [-0.2, -0.15) is 11.8 Å². The standard InChI is InChI=1S/C12H21NO4S/c1-7(2)6-8-10(11(14)13-8)17-9(12(15)16)4-5-18-3/h7-10H,4-6H2,1-3H3,(H,13,14)(H,15,16)/t8-,9-,10-/m0/s1. The molecule has 5 nitrogen and oxygen atoms in total. The van der Waals surface area contributed by atoms with Crippen LogP contribution in [0.4, 0.5) is 0 Å². The number of amides is 1. The number of ether oxygens (including phenoxy) is 1. The van der Waals surface area contributed by atoms with Crippen molar-refractivity contribution in [3.63, 3.8) is 0 Å². The lowest BCUT2D eigenvalue weighted by atomic mass is 9.92. The molecular formula is C12H21NO4S. The summed E-state index contributed by atoms with van der Waals surface area (Å²) in [6.07, 6.45) is 1.66. The number of hydrogen-bond donors (Lipinski definition) is 2. The molecule has 0 radical (unpaired) electrons. The van der Waals surface area contributed by atoms with Crippen LogP contribution in [0.1, 0.15) is 26.7 Å². The molecule has 1 aliphatic rings. The first kappa shape index (κ1) is 15.3. The maximum Gasteiger partial charge on any atom is 0.332 e. The number of thioether (sulfide) groups is 1. The van der Waals surface area contributed by atoms with Crippen LogP contribution in [0.5, 0.6) is 0 Å². The molecule has 0 aromatic rings. The maximum atomic E-state index is 11.4. The summed E-state index contributed by atoms with van der Waals surface area (Å²) in [5.74, 6) is -0.0422. The van der Waals surface area contributed by atoms with Crippen molar-refractivity contribution in [3.8, 4) is 0 Å². The van der Waals surface area contributed by atoms with Gasteiger partial charge in [-0.25, -0.2) is 4.79 Å². The molecule has 1 amide bonds. The molecule has 1 saturated heterocycles. The second-order valence-corrected chi connectivity index (χ2v) is 5.90. The third-order valence-corrected chi connectivity index (χ3v) is 3.49. The highest BCUT2D eigenvalue weighted by molar-refractivity contribution is 7.98. The van der Waals surface area contributed by atoms with E-state index in [1.165, 1.54) is 0 Å². The van der Waals surface area contributed by atoms with Gasteiger partial charge in [-0.15, -0.1) is 0 Å². The van der Waals surface area contributed by atoms with Crippen molar-refractivity contribution in [2.75, 3.05) is 12.0 Å². The fourth-order valence-electron chi connectivity index (χ4n) is 1.93. The largest absolute Gasteiger partial charge is 0.479 e. The van der Waals surface area contributed by atoms with Gasteiger partial charge in [0, 0.05) is 0 Å². The monoisotopic (exact) mass is 275 g/mol. The molecule has 18 heavy (non-hydrogen) atoms. The maximum absolute atomic E-state index is 11.4. The Morgan fingerprint density at radius 3 is 2.67 bits per heavy atom. The Hall–Kier alpha value is -0.750. The molecule has 1 aliphatic heterocycles. The quantitative estimate of drug-likeness (QED) is 0.649. The summed E-state index contributed by atoms with van der Waals surface area (Å²) in [6.45, 7) is 4.12. The zero-order valence-electron chi connectivity index (χ0n) is 11.0. The van der Waals surface area contributed by atoms with Crippen molar-refractivity contribution in [3.05, 3.63) is 0 Å². The molecule has 0 saturated carbocycles. The van der Waals surface area contributed by atoms with Gasteiger partial charge >= 0.3 is 5.97 Å². The number of rotatable bonds is 8. The fraction of sp³-hybridized carbons (Fsp3) is 0.833. The number of carboxylic acid groups (broad SMARTS) is 1. The molecule has 6 heteroatoms. The highest BCUT2D eigenvalue weighted by Crippen LogP contribution is 2.21. The van der Waals surface area contributed by atoms with Gasteiger partial charge in [0.05, 0.1) is 6.04 Å². The van der Waals surface area contributed by atoms with Gasteiger partial charge in [0.15, 0.2) is 12.2 Å². The predicted molar refractivity (Wildman–Crippen MR) is 70.7 cm³/mol. The molecular weight excluding hydrogens is 254 g/mol. The van der Waals surface area contributed by atoms with Crippen LogP contribution in [-0.2, 0) is 14.3 Å². The van der Waals surface area contributed by atoms with E-state index >= 15 is 0 Å². The Bertz CT molecular complexity index is 308. The number of carboxylic acids is 1. The summed E-state index contributed by atoms with van der Waals surface area (Å²) < 4.78 is 5.45. The number of hydrogen-bond acceptors (Lipinski definition) is 4. The number of carbonyl (C=O) groups excluding carboxylic acids is 1. The summed E-state index contributed by atoms with van der Waals surface area (Å²) >= 11 is 1.57. The third-order valence-electron chi connectivity index (χ3n) is 2.85. The Morgan fingerprint density at radius 2 is 2.22 bits per heavy atom. The van der Waals surface area contributed by atoms with Gasteiger partial charge in [-0.1, -0.05) is 13.8 Å². The van der Waals surface area contributed by atoms with Crippen molar-refractivity contribution in [2.45, 2.75) is 44.9 Å². The topological polar surface area (TPSA) is 75.6 Å². The molecule has 0 aromatic heterocycles. The van der Waals surface area contributed by atoms with E-state index in [2.05, 4.69) is 19.2 Å². The Kier molecular flexibility index (Phi) is 5.95. The van der Waals surface area contributed by atoms with E-state index < -0.39 is 18.2 Å². The Morgan fingerprint density at radius 1 is 1.56 bits per heavy atom. The average Bonchev–Trinajstić information content (AvgIpc) is 2.27. The Balaban J connectivity index is 2.50. The van der Waals surface area contributed by atoms with E-state index in [1.54, 1.807) is 11.8 Å². The first-order valence-electron chi connectivity index (χ1n) is 6.13. The first-order valence-corrected chi connectivity index (χ1v) is 7.52. The SMILES string of the molecule is CSCC[C@H](O[C@@H]1C(=O)N[C@H]1CC(C)C)C(=O)O. The van der Waals surface area contributed by atoms with E-state index in [9.17, 15) is 9.59 Å². The molecule has 1 fully saturated rings. The highest BCUT2D eigenvalue weighted by atomic mass is 32.2. The third kappa shape index (κ3) is 4.17. The normalized spacial score (nSPS) is 24.6. The van der Waals surface area contributed by atoms with Crippen molar-refractivity contribution >= 4 is 23.6 Å². The van der Waals surface area contributed by atoms with Crippen LogP contribution in [0.3, 0.4) is 0 Å². The average molecular weight is 275 g/mol. The molecule has 0 aromatic carbocycles. The lowest BCUT2D eigenvalue weighted by molar-refractivity contribution is -0.168. The lowest BCUT2D eigenvalue weighted by Gasteiger charge is -2.38. The molecule has 0 unspecified atom stereocenters. The van der Waals surface area contributed by atoms with E-state index in [-0.39, 0.29) is 11.9 Å². The summed E-state index contributed by atoms with van der Waals surface area (Å²) in [5, 5.41) is 11.8. The van der Waals surface area contributed by atoms with Crippen LogP contribution in [0.25, 0.3) is 0 Å². The van der Waals surface area contributed by atoms with E-state index in [0.717, 1.165) is 6.42 Å². The summed E-state index contributed by atoms with van der Waals surface area (Å²) in [4.78, 5) is 22.5. The second-order valence-electron chi connectivity index (χ2n) is 4.91. The molecule has 104 valence electrons. The smallest absolute Gasteiger partial charge is 0.332 e. The first-order chi connectivity index (χ1) is 8.45. The number of carbonyl (C=O) groups is 2. The van der Waals surface area contributed by atoms with Crippen LogP contribution in [0, 0.1) is 5.92 Å². The molecule has 3 atom stereocenters. The van der Waals surface area contributed by atoms with Crippen LogP contribution >= 0.6 is 11.8 Å². The van der Waals surface area contributed by atoms with Crippen LogP contribution in [0.2, 0.25) is 0 Å². The highest BCUT2D eigenvalue weighted by Gasteiger charge is 2.42. The van der Waals surface area contributed by atoms with Gasteiger partial charge < -0.3 is 15.2 Å². The summed E-state index contributed by atoms with van der Waals surface area (Å²) in [7, 11) is 0. The van der Waals surface area contributed by atoms with Crippen LogP contribution < -0.4 is 5.32 Å². The van der Waals surface area contributed by atoms with Gasteiger partial charge in [-0.05, 0) is 30.8 Å². The molecule has 1 rings (SSSR count). The van der Waals surface area contributed by atoms with Crippen LogP contribution in [-0.4, -0.2) is 47.2 Å². The van der Waals surface area contributed by atoms with E-state index in [0.29, 0.717) is 18.1 Å². The number of aliphatic carboxylic acids is 1. The summed E-state index contributed by atoms with van der Waals surface area (Å²) in [5.41, 5.74) is 0. The molecule has 0 spiro atoms. The molecule has 2 N–H and O–H groups in total. The molecule has 0 bridgehead atoms. The van der Waals surface area contributed by atoms with Crippen molar-refractivity contribution in [1.82, 2.24) is 5.32 Å².